The van der Waals surface area contributed by atoms with Gasteiger partial charge in [-0.25, -0.2) is 0 Å². The van der Waals surface area contributed by atoms with E-state index in [-0.39, 0.29) is 24.2 Å². The van der Waals surface area contributed by atoms with Crippen molar-refractivity contribution in [2.24, 2.45) is 5.92 Å². The summed E-state index contributed by atoms with van der Waals surface area (Å²) in [5.41, 5.74) is 1.80. The number of piperazine rings is 1. The molecule has 2 aliphatic heterocycles. The number of hydrogen-bond acceptors (Lipinski definition) is 4. The zero-order valence-electron chi connectivity index (χ0n) is 15.6. The van der Waals surface area contributed by atoms with Gasteiger partial charge in [0.05, 0.1) is 11.6 Å². The lowest BCUT2D eigenvalue weighted by Gasteiger charge is -2.35. The fourth-order valence-corrected chi connectivity index (χ4v) is 4.06. The van der Waals surface area contributed by atoms with Crippen LogP contribution in [0.25, 0.3) is 0 Å². The van der Waals surface area contributed by atoms with Gasteiger partial charge in [0.2, 0.25) is 11.8 Å². The van der Waals surface area contributed by atoms with Gasteiger partial charge < -0.3 is 9.80 Å². The van der Waals surface area contributed by atoms with Gasteiger partial charge in [-0.2, -0.15) is 0 Å². The highest BCUT2D eigenvalue weighted by Gasteiger charge is 2.38. The molecule has 1 atom stereocenters. The van der Waals surface area contributed by atoms with E-state index >= 15 is 0 Å². The van der Waals surface area contributed by atoms with Crippen LogP contribution in [0.5, 0.6) is 0 Å². The van der Waals surface area contributed by atoms with Crippen molar-refractivity contribution in [2.75, 3.05) is 37.6 Å². The van der Waals surface area contributed by atoms with Crippen LogP contribution in [0, 0.1) is 5.92 Å². The van der Waals surface area contributed by atoms with Crippen molar-refractivity contribution < 1.29 is 9.59 Å². The summed E-state index contributed by atoms with van der Waals surface area (Å²) in [5, 5.41) is 0.587. The third kappa shape index (κ3) is 4.18. The van der Waals surface area contributed by atoms with Crippen LogP contribution in [0.3, 0.4) is 0 Å². The Morgan fingerprint density at radius 3 is 2.64 bits per heavy atom. The lowest BCUT2D eigenvalue weighted by Crippen LogP contribution is -2.50. The number of halogens is 1. The van der Waals surface area contributed by atoms with Crippen molar-refractivity contribution in [3.05, 3.63) is 59.4 Å². The molecular formula is C21H23ClN4O2. The van der Waals surface area contributed by atoms with Gasteiger partial charge in [0, 0.05) is 62.6 Å². The number of carbonyl (C=O) groups is 2. The number of aromatic nitrogens is 1. The number of rotatable bonds is 4. The van der Waals surface area contributed by atoms with Crippen LogP contribution < -0.4 is 4.90 Å². The highest BCUT2D eigenvalue weighted by molar-refractivity contribution is 6.31. The molecule has 0 bridgehead atoms. The normalized spacial score (nSPS) is 20.6. The van der Waals surface area contributed by atoms with Gasteiger partial charge in [0.1, 0.15) is 0 Å². The van der Waals surface area contributed by atoms with Crippen molar-refractivity contribution in [3.63, 3.8) is 0 Å². The van der Waals surface area contributed by atoms with Crippen molar-refractivity contribution in [1.29, 1.82) is 0 Å². The van der Waals surface area contributed by atoms with Crippen molar-refractivity contribution in [2.45, 2.75) is 13.0 Å². The molecule has 4 rings (SSSR count). The number of carbonyl (C=O) groups excluding carboxylic acids is 2. The van der Waals surface area contributed by atoms with E-state index in [4.69, 9.17) is 11.6 Å². The molecule has 7 heteroatoms. The van der Waals surface area contributed by atoms with Crippen molar-refractivity contribution >= 4 is 29.1 Å². The quantitative estimate of drug-likeness (QED) is 0.793. The molecule has 28 heavy (non-hydrogen) atoms. The van der Waals surface area contributed by atoms with E-state index in [2.05, 4.69) is 9.88 Å². The number of pyridine rings is 1. The van der Waals surface area contributed by atoms with Gasteiger partial charge in [0.25, 0.3) is 0 Å². The summed E-state index contributed by atoms with van der Waals surface area (Å²) in [6, 6.07) is 13.1. The Kier molecular flexibility index (Phi) is 5.59. The molecule has 2 aromatic rings. The second kappa shape index (κ2) is 8.29. The predicted octanol–water partition coefficient (Wildman–Crippen LogP) is 2.43. The first-order valence-electron chi connectivity index (χ1n) is 9.57. The maximum atomic E-state index is 12.9. The van der Waals surface area contributed by atoms with Gasteiger partial charge in [0.15, 0.2) is 0 Å². The number of hydrogen-bond donors (Lipinski definition) is 0. The smallest absolute Gasteiger partial charge is 0.228 e. The molecule has 0 aliphatic carbocycles. The molecule has 146 valence electrons. The van der Waals surface area contributed by atoms with Crippen molar-refractivity contribution in [3.8, 4) is 0 Å². The molecule has 2 saturated heterocycles. The molecule has 2 amide bonds. The predicted molar refractivity (Wildman–Crippen MR) is 108 cm³/mol. The minimum absolute atomic E-state index is 0.0191. The van der Waals surface area contributed by atoms with Crippen LogP contribution in [0.2, 0.25) is 5.02 Å². The first-order valence-corrected chi connectivity index (χ1v) is 9.95. The molecule has 6 nitrogen and oxygen atoms in total. The third-order valence-electron chi connectivity index (χ3n) is 5.39. The van der Waals surface area contributed by atoms with Crippen LogP contribution in [0.1, 0.15) is 12.1 Å². The Morgan fingerprint density at radius 1 is 1.11 bits per heavy atom. The number of nitrogens with zero attached hydrogens (tertiary/aromatic N) is 4. The van der Waals surface area contributed by atoms with Gasteiger partial charge in [-0.05, 0) is 30.3 Å². The van der Waals surface area contributed by atoms with E-state index in [9.17, 15) is 9.59 Å². The second-order valence-corrected chi connectivity index (χ2v) is 7.74. The van der Waals surface area contributed by atoms with E-state index in [1.807, 2.05) is 35.2 Å². The summed E-state index contributed by atoms with van der Waals surface area (Å²) in [4.78, 5) is 35.6. The molecule has 0 saturated carbocycles. The Labute approximate surface area is 169 Å². The largest absolute Gasteiger partial charge is 0.340 e. The Hall–Kier alpha value is -2.44. The van der Waals surface area contributed by atoms with Gasteiger partial charge in [-0.15, -0.1) is 0 Å². The molecule has 1 unspecified atom stereocenters. The molecule has 3 heterocycles. The Balaban J connectivity index is 1.32. The summed E-state index contributed by atoms with van der Waals surface area (Å²) in [7, 11) is 0. The van der Waals surface area contributed by atoms with Crippen LogP contribution in [0.15, 0.2) is 48.7 Å². The maximum Gasteiger partial charge on any atom is 0.228 e. The SMILES string of the molecule is O=C(C1CC(=O)N(c2cccc(Cl)c2)C1)N1CCN(Cc2ccccn2)CC1. The molecule has 1 aromatic carbocycles. The zero-order valence-corrected chi connectivity index (χ0v) is 16.4. The van der Waals surface area contributed by atoms with Crippen LogP contribution in [-0.4, -0.2) is 59.3 Å². The fourth-order valence-electron chi connectivity index (χ4n) is 3.87. The Bertz CT molecular complexity index is 852. The highest BCUT2D eigenvalue weighted by Crippen LogP contribution is 2.28. The van der Waals surface area contributed by atoms with Gasteiger partial charge in [-0.3, -0.25) is 19.5 Å². The van der Waals surface area contributed by atoms with E-state index in [0.717, 1.165) is 31.0 Å². The summed E-state index contributed by atoms with van der Waals surface area (Å²) in [5.74, 6) is -0.224. The summed E-state index contributed by atoms with van der Waals surface area (Å²) < 4.78 is 0. The maximum absolute atomic E-state index is 12.9. The van der Waals surface area contributed by atoms with Crippen LogP contribution in [-0.2, 0) is 16.1 Å². The van der Waals surface area contributed by atoms with E-state index in [1.54, 1.807) is 23.2 Å². The summed E-state index contributed by atoms with van der Waals surface area (Å²) in [6.45, 7) is 4.24. The first kappa shape index (κ1) is 18.9. The minimum Gasteiger partial charge on any atom is -0.340 e. The van der Waals surface area contributed by atoms with Gasteiger partial charge in [-0.1, -0.05) is 23.7 Å². The molecule has 0 N–H and O–H groups in total. The standard InChI is InChI=1S/C21H23ClN4O2/c22-17-4-3-6-19(13-17)26-14-16(12-20(26)27)21(28)25-10-8-24(9-11-25)15-18-5-1-2-7-23-18/h1-7,13,16H,8-12,14-15H2. The lowest BCUT2D eigenvalue weighted by atomic mass is 10.1. The fraction of sp³-hybridized carbons (Fsp3) is 0.381. The number of benzene rings is 1. The van der Waals surface area contributed by atoms with E-state index in [1.165, 1.54) is 0 Å². The third-order valence-corrected chi connectivity index (χ3v) is 5.62. The molecule has 1 aromatic heterocycles. The molecular weight excluding hydrogens is 376 g/mol. The minimum atomic E-state index is -0.283. The first-order chi connectivity index (χ1) is 13.6. The Morgan fingerprint density at radius 2 is 1.93 bits per heavy atom. The molecule has 0 radical (unpaired) electrons. The topological polar surface area (TPSA) is 56.8 Å². The monoisotopic (exact) mass is 398 g/mol. The number of amides is 2. The second-order valence-electron chi connectivity index (χ2n) is 7.31. The highest BCUT2D eigenvalue weighted by atomic mass is 35.5. The summed E-state index contributed by atoms with van der Waals surface area (Å²) >= 11 is 6.04. The molecule has 0 spiro atoms. The number of anilines is 1. The average molecular weight is 399 g/mol. The lowest BCUT2D eigenvalue weighted by molar-refractivity contribution is -0.137. The molecule has 2 aliphatic rings. The summed E-state index contributed by atoms with van der Waals surface area (Å²) in [6.07, 6.45) is 2.07. The van der Waals surface area contributed by atoms with Gasteiger partial charge >= 0.3 is 0 Å². The van der Waals surface area contributed by atoms with Crippen LogP contribution >= 0.6 is 11.6 Å². The van der Waals surface area contributed by atoms with Crippen LogP contribution in [0.4, 0.5) is 5.69 Å². The zero-order chi connectivity index (χ0) is 19.5. The van der Waals surface area contributed by atoms with E-state index < -0.39 is 0 Å². The van der Waals surface area contributed by atoms with Crippen molar-refractivity contribution in [1.82, 2.24) is 14.8 Å². The van der Waals surface area contributed by atoms with E-state index in [0.29, 0.717) is 24.7 Å². The molecule has 2 fully saturated rings. The average Bonchev–Trinajstić information content (AvgIpc) is 3.10.